The molecule has 17 heavy (non-hydrogen) atoms. The number of piperazine rings is 1. The average molecular weight is 316 g/mol. The van der Waals surface area contributed by atoms with Gasteiger partial charge < -0.3 is 4.90 Å². The van der Waals surface area contributed by atoms with Crippen molar-refractivity contribution in [1.82, 2.24) is 4.90 Å². The zero-order valence-electron chi connectivity index (χ0n) is 9.70. The van der Waals surface area contributed by atoms with Gasteiger partial charge >= 0.3 is 0 Å². The van der Waals surface area contributed by atoms with E-state index in [-0.39, 0.29) is 0 Å². The van der Waals surface area contributed by atoms with Gasteiger partial charge in [-0.3, -0.25) is 4.90 Å². The largest absolute Gasteiger partial charge is 0.368 e. The molecule has 4 heteroatoms. The molecule has 0 saturated carbocycles. The van der Waals surface area contributed by atoms with Gasteiger partial charge in [0.05, 0.1) is 5.69 Å². The number of hydrogen-bond donors (Lipinski definition) is 0. The molecular weight excluding hydrogens is 300 g/mol. The van der Waals surface area contributed by atoms with Gasteiger partial charge in [0.15, 0.2) is 0 Å². The van der Waals surface area contributed by atoms with Crippen LogP contribution in [-0.2, 0) is 0 Å². The minimum atomic E-state index is 0.745. The lowest BCUT2D eigenvalue weighted by molar-refractivity contribution is 0.231. The maximum atomic E-state index is 6.09. The zero-order valence-corrected chi connectivity index (χ0v) is 12.0. The van der Waals surface area contributed by atoms with Crippen molar-refractivity contribution < 1.29 is 0 Å². The zero-order chi connectivity index (χ0) is 11.8. The highest BCUT2D eigenvalue weighted by molar-refractivity contribution is 9.10. The van der Waals surface area contributed by atoms with Gasteiger partial charge in [-0.1, -0.05) is 11.6 Å². The molecule has 2 aliphatic heterocycles. The molecule has 0 radical (unpaired) electrons. The van der Waals surface area contributed by atoms with Crippen LogP contribution in [0.15, 0.2) is 22.7 Å². The Morgan fingerprint density at radius 3 is 3.00 bits per heavy atom. The van der Waals surface area contributed by atoms with E-state index in [9.17, 15) is 0 Å². The maximum Gasteiger partial charge on any atom is 0.0526 e. The normalized spacial score (nSPS) is 25.1. The van der Waals surface area contributed by atoms with Gasteiger partial charge in [0.1, 0.15) is 0 Å². The van der Waals surface area contributed by atoms with E-state index in [1.807, 2.05) is 12.1 Å². The molecule has 0 amide bonds. The molecule has 1 atom stereocenters. The molecule has 0 aromatic heterocycles. The summed E-state index contributed by atoms with van der Waals surface area (Å²) in [6.45, 7) is 4.72. The molecule has 1 aromatic rings. The van der Waals surface area contributed by atoms with Gasteiger partial charge in [0.25, 0.3) is 0 Å². The van der Waals surface area contributed by atoms with Gasteiger partial charge in [-0.25, -0.2) is 0 Å². The van der Waals surface area contributed by atoms with E-state index in [1.54, 1.807) is 0 Å². The highest BCUT2D eigenvalue weighted by Gasteiger charge is 2.31. The third-order valence-corrected chi connectivity index (χ3v) is 4.74. The second-order valence-electron chi connectivity index (χ2n) is 4.87. The highest BCUT2D eigenvalue weighted by atomic mass is 79.9. The molecular formula is C13H16BrClN2. The van der Waals surface area contributed by atoms with Crippen molar-refractivity contribution in [3.63, 3.8) is 0 Å². The first kappa shape index (κ1) is 11.8. The van der Waals surface area contributed by atoms with Gasteiger partial charge in [-0.05, 0) is 53.5 Å². The Labute approximate surface area is 116 Å². The van der Waals surface area contributed by atoms with Crippen LogP contribution < -0.4 is 4.90 Å². The Morgan fingerprint density at radius 1 is 1.24 bits per heavy atom. The van der Waals surface area contributed by atoms with Crippen molar-refractivity contribution in [1.29, 1.82) is 0 Å². The Bertz CT molecular complexity index is 424. The van der Waals surface area contributed by atoms with Gasteiger partial charge in [0.2, 0.25) is 0 Å². The van der Waals surface area contributed by atoms with Crippen LogP contribution in [-0.4, -0.2) is 37.1 Å². The topological polar surface area (TPSA) is 6.48 Å². The fourth-order valence-corrected chi connectivity index (χ4v) is 3.60. The Morgan fingerprint density at radius 2 is 2.12 bits per heavy atom. The lowest BCUT2D eigenvalue weighted by Gasteiger charge is -2.39. The fourth-order valence-electron chi connectivity index (χ4n) is 2.94. The van der Waals surface area contributed by atoms with E-state index >= 15 is 0 Å². The Hall–Kier alpha value is -0.250. The minimum Gasteiger partial charge on any atom is -0.368 e. The maximum absolute atomic E-state index is 6.09. The smallest absolute Gasteiger partial charge is 0.0526 e. The second-order valence-corrected chi connectivity index (χ2v) is 6.16. The van der Waals surface area contributed by atoms with Crippen LogP contribution in [0.3, 0.4) is 0 Å². The molecule has 2 heterocycles. The molecule has 92 valence electrons. The average Bonchev–Trinajstić information content (AvgIpc) is 2.79. The van der Waals surface area contributed by atoms with Crippen molar-refractivity contribution >= 4 is 33.2 Å². The summed E-state index contributed by atoms with van der Waals surface area (Å²) in [6.07, 6.45) is 2.70. The quantitative estimate of drug-likeness (QED) is 0.784. The summed E-state index contributed by atoms with van der Waals surface area (Å²) in [6, 6.07) is 6.78. The number of hydrogen-bond acceptors (Lipinski definition) is 2. The molecule has 1 aromatic carbocycles. The summed E-state index contributed by atoms with van der Waals surface area (Å²) in [7, 11) is 0. The van der Waals surface area contributed by atoms with Crippen LogP contribution in [0.5, 0.6) is 0 Å². The molecule has 2 aliphatic rings. The van der Waals surface area contributed by atoms with Crippen LogP contribution in [0.25, 0.3) is 0 Å². The molecule has 0 spiro atoms. The Balaban J connectivity index is 1.82. The molecule has 0 bridgehead atoms. The molecule has 0 N–H and O–H groups in total. The summed E-state index contributed by atoms with van der Waals surface area (Å²) >= 11 is 9.71. The van der Waals surface area contributed by atoms with Gasteiger partial charge in [-0.2, -0.15) is 0 Å². The lowest BCUT2D eigenvalue weighted by atomic mass is 10.1. The molecule has 2 saturated heterocycles. The first-order chi connectivity index (χ1) is 8.24. The number of anilines is 1. The van der Waals surface area contributed by atoms with E-state index in [1.165, 1.54) is 31.6 Å². The van der Waals surface area contributed by atoms with Crippen molar-refractivity contribution in [2.45, 2.75) is 18.9 Å². The van der Waals surface area contributed by atoms with E-state index in [0.29, 0.717) is 0 Å². The van der Waals surface area contributed by atoms with Crippen molar-refractivity contribution in [2.75, 3.05) is 31.1 Å². The third-order valence-electron chi connectivity index (χ3n) is 3.84. The predicted molar refractivity (Wildman–Crippen MR) is 76.0 cm³/mol. The first-order valence-corrected chi connectivity index (χ1v) is 7.35. The van der Waals surface area contributed by atoms with E-state index in [2.05, 4.69) is 31.8 Å². The number of fused-ring (bicyclic) bond motifs is 1. The summed E-state index contributed by atoms with van der Waals surface area (Å²) in [5.74, 6) is 0. The van der Waals surface area contributed by atoms with Gasteiger partial charge in [0, 0.05) is 35.2 Å². The minimum absolute atomic E-state index is 0.745. The number of halogens is 2. The van der Waals surface area contributed by atoms with Gasteiger partial charge in [-0.15, -0.1) is 0 Å². The van der Waals surface area contributed by atoms with E-state index in [4.69, 9.17) is 11.6 Å². The summed E-state index contributed by atoms with van der Waals surface area (Å²) in [5.41, 5.74) is 1.24. The summed E-state index contributed by atoms with van der Waals surface area (Å²) in [5, 5.41) is 0.817. The van der Waals surface area contributed by atoms with E-state index in [0.717, 1.165) is 28.6 Å². The number of benzene rings is 1. The monoisotopic (exact) mass is 314 g/mol. The Kier molecular flexibility index (Phi) is 3.33. The van der Waals surface area contributed by atoms with Crippen LogP contribution in [0.4, 0.5) is 5.69 Å². The SMILES string of the molecule is Clc1ccc(Br)c(N2CCN3CCCC3C2)c1. The standard InChI is InChI=1S/C13H16BrClN2/c14-12-4-3-10(15)8-13(12)17-7-6-16-5-1-2-11(16)9-17/h3-4,8,11H,1-2,5-7,9H2. The molecule has 2 nitrogen and oxygen atoms in total. The highest BCUT2D eigenvalue weighted by Crippen LogP contribution is 2.32. The van der Waals surface area contributed by atoms with Crippen LogP contribution in [0.1, 0.15) is 12.8 Å². The predicted octanol–water partition coefficient (Wildman–Crippen LogP) is 3.39. The summed E-state index contributed by atoms with van der Waals surface area (Å²) < 4.78 is 1.15. The van der Waals surface area contributed by atoms with Crippen LogP contribution in [0, 0.1) is 0 Å². The van der Waals surface area contributed by atoms with Crippen LogP contribution >= 0.6 is 27.5 Å². The van der Waals surface area contributed by atoms with E-state index < -0.39 is 0 Å². The molecule has 0 aliphatic carbocycles. The first-order valence-electron chi connectivity index (χ1n) is 6.18. The molecule has 3 rings (SSSR count). The lowest BCUT2D eigenvalue weighted by Crippen LogP contribution is -2.50. The fraction of sp³-hybridized carbons (Fsp3) is 0.538. The third kappa shape index (κ3) is 2.33. The number of rotatable bonds is 1. The molecule has 2 fully saturated rings. The van der Waals surface area contributed by atoms with Crippen molar-refractivity contribution in [3.05, 3.63) is 27.7 Å². The van der Waals surface area contributed by atoms with Crippen molar-refractivity contribution in [2.24, 2.45) is 0 Å². The molecule has 1 unspecified atom stereocenters. The number of nitrogens with zero attached hydrogens (tertiary/aromatic N) is 2. The summed E-state index contributed by atoms with van der Waals surface area (Å²) in [4.78, 5) is 5.08. The van der Waals surface area contributed by atoms with Crippen molar-refractivity contribution in [3.8, 4) is 0 Å². The second kappa shape index (κ2) is 4.79. The van der Waals surface area contributed by atoms with Crippen LogP contribution in [0.2, 0.25) is 5.02 Å².